The Balaban J connectivity index is 0.00000289. The quantitative estimate of drug-likeness (QED) is 0.252. The third-order valence-electron chi connectivity index (χ3n) is 7.50. The Labute approximate surface area is 222 Å². The second-order valence-corrected chi connectivity index (χ2v) is 11.3. The summed E-state index contributed by atoms with van der Waals surface area (Å²) >= 11 is 0. The summed E-state index contributed by atoms with van der Waals surface area (Å²) in [7, 11) is 0. The zero-order valence-corrected chi connectivity index (χ0v) is 23.9. The summed E-state index contributed by atoms with van der Waals surface area (Å²) in [6, 6.07) is 20.2. The molecule has 0 amide bonds. The second kappa shape index (κ2) is 8.23. The minimum atomic E-state index is -0.557. The van der Waals surface area contributed by atoms with Crippen LogP contribution in [0.4, 0.5) is 0 Å². The summed E-state index contributed by atoms with van der Waals surface area (Å²) in [4.78, 5) is 9.39. The molecule has 1 aliphatic heterocycles. The van der Waals surface area contributed by atoms with Crippen molar-refractivity contribution in [2.24, 2.45) is 0 Å². The Kier molecular flexibility index (Phi) is 6.00. The van der Waals surface area contributed by atoms with Gasteiger partial charge in [-0.05, 0) is 47.0 Å². The van der Waals surface area contributed by atoms with E-state index in [-0.39, 0.29) is 26.5 Å². The van der Waals surface area contributed by atoms with E-state index in [4.69, 9.17) is 20.2 Å². The molecule has 0 aliphatic carbocycles. The van der Waals surface area contributed by atoms with Crippen LogP contribution in [0.1, 0.15) is 89.3 Å². The second-order valence-electron chi connectivity index (χ2n) is 11.3. The Morgan fingerprint density at radius 1 is 0.571 bits per heavy atom. The van der Waals surface area contributed by atoms with Crippen molar-refractivity contribution >= 4 is 0 Å². The fourth-order valence-corrected chi connectivity index (χ4v) is 4.51. The summed E-state index contributed by atoms with van der Waals surface area (Å²) in [5.41, 5.74) is 2.60. The first kappa shape index (κ1) is 25.5. The molecule has 0 saturated carbocycles. The summed E-state index contributed by atoms with van der Waals surface area (Å²) < 4.78 is 3.85. The van der Waals surface area contributed by atoms with Crippen molar-refractivity contribution in [3.63, 3.8) is 0 Å². The maximum atomic E-state index is 4.92. The fraction of sp³-hybridized carbons (Fsp3) is 0.429. The SMILES string of the molecule is CC1(C)c2[c-]c(ccc2)C(C)(C)n2cnc(n2)C(C)(C)c2ncn(n2)C(C)(C)c2[c-]c1ccc2.[Pt+2]. The van der Waals surface area contributed by atoms with Crippen LogP contribution < -0.4 is 0 Å². The van der Waals surface area contributed by atoms with Crippen LogP contribution in [0, 0.1) is 12.1 Å². The van der Waals surface area contributed by atoms with E-state index in [0.717, 1.165) is 22.3 Å². The summed E-state index contributed by atoms with van der Waals surface area (Å²) in [6.45, 7) is 17.2. The van der Waals surface area contributed by atoms with Crippen molar-refractivity contribution in [2.75, 3.05) is 0 Å². The van der Waals surface area contributed by atoms with Gasteiger partial charge in [0, 0.05) is 0 Å². The van der Waals surface area contributed by atoms with Gasteiger partial charge in [-0.3, -0.25) is 0 Å². The van der Waals surface area contributed by atoms with E-state index in [1.807, 2.05) is 9.36 Å². The fourth-order valence-electron chi connectivity index (χ4n) is 4.51. The van der Waals surface area contributed by atoms with Gasteiger partial charge in [0.05, 0.1) is 16.5 Å². The van der Waals surface area contributed by atoms with Gasteiger partial charge >= 0.3 is 21.1 Å². The maximum absolute atomic E-state index is 4.92. The van der Waals surface area contributed by atoms with E-state index < -0.39 is 16.5 Å². The third-order valence-corrected chi connectivity index (χ3v) is 7.50. The van der Waals surface area contributed by atoms with Crippen molar-refractivity contribution in [3.8, 4) is 0 Å². The van der Waals surface area contributed by atoms with Gasteiger partial charge in [0.15, 0.2) is 11.6 Å². The van der Waals surface area contributed by atoms with Crippen LogP contribution in [-0.2, 0) is 43.0 Å². The van der Waals surface area contributed by atoms with E-state index in [1.165, 1.54) is 0 Å². The molecule has 0 fully saturated rings. The molecule has 0 saturated heterocycles. The molecule has 4 aromatic rings. The van der Waals surface area contributed by atoms with E-state index in [2.05, 4.69) is 104 Å². The molecule has 0 unspecified atom stereocenters. The summed E-state index contributed by atoms with van der Waals surface area (Å²) in [6.07, 6.45) is 3.61. The van der Waals surface area contributed by atoms with E-state index in [1.54, 1.807) is 12.7 Å². The molecule has 2 aromatic heterocycles. The van der Waals surface area contributed by atoms with Crippen LogP contribution in [-0.4, -0.2) is 29.5 Å². The molecule has 6 nitrogen and oxygen atoms in total. The zero-order valence-electron chi connectivity index (χ0n) is 21.6. The van der Waals surface area contributed by atoms with Gasteiger partial charge in [-0.1, -0.05) is 13.8 Å². The van der Waals surface area contributed by atoms with Gasteiger partial charge in [0.2, 0.25) is 0 Å². The molecule has 3 heterocycles. The standard InChI is InChI=1S/C28H32N6.Pt/c1-25(2)19-11-9-13-21(15-19)27(5,6)33-17-29-23(31-33)26(3,4)24-30-18-34(32-24)28(7,8)22-14-10-12-20(25)16-22;/h9-14,17-18H,1-8H3;/q-2;+2. The third kappa shape index (κ3) is 3.90. The average Bonchev–Trinajstić information content (AvgIpc) is 3.50. The first-order valence-electron chi connectivity index (χ1n) is 11.8. The van der Waals surface area contributed by atoms with Gasteiger partial charge in [-0.2, -0.15) is 69.9 Å². The number of aromatic nitrogens is 6. The molecule has 8 bridgehead atoms. The van der Waals surface area contributed by atoms with Crippen LogP contribution in [0.3, 0.4) is 0 Å². The molecule has 5 rings (SSSR count). The van der Waals surface area contributed by atoms with Crippen molar-refractivity contribution in [2.45, 2.75) is 77.3 Å². The summed E-state index contributed by atoms with van der Waals surface area (Å²) in [5, 5.41) is 9.83. The molecule has 35 heavy (non-hydrogen) atoms. The Morgan fingerprint density at radius 2 is 0.943 bits per heavy atom. The first-order valence-corrected chi connectivity index (χ1v) is 11.8. The molecular weight excluding hydrogens is 615 g/mol. The number of fused-ring (bicyclic) bond motifs is 8. The number of benzene rings is 2. The smallest absolute Gasteiger partial charge is 0.245 e. The van der Waals surface area contributed by atoms with E-state index in [9.17, 15) is 0 Å². The number of hydrogen-bond acceptors (Lipinski definition) is 4. The van der Waals surface area contributed by atoms with Crippen molar-refractivity contribution in [1.82, 2.24) is 29.5 Å². The Morgan fingerprint density at radius 3 is 1.34 bits per heavy atom. The zero-order chi connectivity index (χ0) is 24.5. The van der Waals surface area contributed by atoms with E-state index in [0.29, 0.717) is 11.6 Å². The molecule has 0 atom stereocenters. The largest absolute Gasteiger partial charge is 2.00 e. The maximum Gasteiger partial charge on any atom is 2.00 e. The van der Waals surface area contributed by atoms with E-state index >= 15 is 0 Å². The van der Waals surface area contributed by atoms with Crippen LogP contribution in [0.15, 0.2) is 49.1 Å². The minimum Gasteiger partial charge on any atom is -0.245 e. The molecule has 0 spiro atoms. The molecule has 1 aliphatic rings. The molecular formula is C28H32N6Pt. The van der Waals surface area contributed by atoms with Gasteiger partial charge in [0.1, 0.15) is 12.7 Å². The molecule has 7 heteroatoms. The molecule has 0 radical (unpaired) electrons. The van der Waals surface area contributed by atoms with Crippen LogP contribution in [0.2, 0.25) is 0 Å². The monoisotopic (exact) mass is 647 g/mol. The van der Waals surface area contributed by atoms with Crippen molar-refractivity contribution in [1.29, 1.82) is 0 Å². The predicted octanol–water partition coefficient (Wildman–Crippen LogP) is 5.00. The average molecular weight is 648 g/mol. The Bertz CT molecular complexity index is 1270. The van der Waals surface area contributed by atoms with Gasteiger partial charge in [-0.15, -0.1) is 11.1 Å². The predicted molar refractivity (Wildman–Crippen MR) is 132 cm³/mol. The van der Waals surface area contributed by atoms with Crippen LogP contribution in [0.5, 0.6) is 0 Å². The van der Waals surface area contributed by atoms with Gasteiger partial charge < -0.3 is 0 Å². The van der Waals surface area contributed by atoms with Crippen LogP contribution in [0.25, 0.3) is 0 Å². The Hall–Kier alpha value is -2.59. The number of nitrogens with zero attached hydrogens (tertiary/aromatic N) is 6. The van der Waals surface area contributed by atoms with Crippen LogP contribution >= 0.6 is 0 Å². The summed E-state index contributed by atoms with van der Waals surface area (Å²) in [5.74, 6) is 1.38. The minimum absolute atomic E-state index is 0. The van der Waals surface area contributed by atoms with Crippen molar-refractivity contribution in [3.05, 3.63) is 95.1 Å². The topological polar surface area (TPSA) is 61.4 Å². The molecule has 184 valence electrons. The number of hydrogen-bond donors (Lipinski definition) is 0. The van der Waals surface area contributed by atoms with Crippen molar-refractivity contribution < 1.29 is 21.1 Å². The normalized spacial score (nSPS) is 19.0. The van der Waals surface area contributed by atoms with Gasteiger partial charge in [-0.25, -0.2) is 19.3 Å². The molecule has 2 aromatic carbocycles. The first-order chi connectivity index (χ1) is 15.8. The number of rotatable bonds is 0. The van der Waals surface area contributed by atoms with Gasteiger partial charge in [0.25, 0.3) is 0 Å². The molecule has 0 N–H and O–H groups in total.